The van der Waals surface area contributed by atoms with Crippen LogP contribution in [-0.2, 0) is 24.1 Å². The second-order valence-electron chi connectivity index (χ2n) is 6.33. The molecule has 0 fully saturated rings. The van der Waals surface area contributed by atoms with Crippen molar-refractivity contribution in [2.24, 2.45) is 0 Å². The number of rotatable bonds is 6. The quantitative estimate of drug-likeness (QED) is 0.743. The third kappa shape index (κ3) is 3.77. The Morgan fingerprint density at radius 3 is 2.92 bits per heavy atom. The summed E-state index contributed by atoms with van der Waals surface area (Å²) in [6, 6.07) is 15.7. The summed E-state index contributed by atoms with van der Waals surface area (Å²) in [4.78, 5) is 16.6. The zero-order valence-corrected chi connectivity index (χ0v) is 14.4. The number of ether oxygens (including phenoxy) is 1. The van der Waals surface area contributed by atoms with Gasteiger partial charge in [-0.3, -0.25) is 4.79 Å². The van der Waals surface area contributed by atoms with Crippen molar-refractivity contribution in [3.63, 3.8) is 0 Å². The SMILES string of the molecule is O=C(Cc1ccc2c(c1)CCO2)NCCc1coc(-c2ccccc2)n1. The Balaban J connectivity index is 1.27. The Bertz CT molecular complexity index is 903. The fraction of sp³-hybridized carbons (Fsp3) is 0.238. The minimum absolute atomic E-state index is 0.00985. The van der Waals surface area contributed by atoms with Gasteiger partial charge in [0.15, 0.2) is 0 Å². The van der Waals surface area contributed by atoms with Gasteiger partial charge in [-0.05, 0) is 29.3 Å². The van der Waals surface area contributed by atoms with Crippen LogP contribution in [0.25, 0.3) is 11.5 Å². The average Bonchev–Trinajstić information content (AvgIpc) is 3.31. The van der Waals surface area contributed by atoms with E-state index in [1.807, 2.05) is 42.5 Å². The number of hydrogen-bond donors (Lipinski definition) is 1. The summed E-state index contributed by atoms with van der Waals surface area (Å²) in [6.07, 6.45) is 3.58. The average molecular weight is 348 g/mol. The number of carbonyl (C=O) groups is 1. The predicted molar refractivity (Wildman–Crippen MR) is 98.0 cm³/mol. The second kappa shape index (κ2) is 7.44. The lowest BCUT2D eigenvalue weighted by molar-refractivity contribution is -0.120. The smallest absolute Gasteiger partial charge is 0.226 e. The van der Waals surface area contributed by atoms with Crippen molar-refractivity contribution in [1.82, 2.24) is 10.3 Å². The largest absolute Gasteiger partial charge is 0.493 e. The molecule has 5 heteroatoms. The lowest BCUT2D eigenvalue weighted by atomic mass is 10.1. The minimum Gasteiger partial charge on any atom is -0.493 e. The van der Waals surface area contributed by atoms with Gasteiger partial charge < -0.3 is 14.5 Å². The predicted octanol–water partition coefficient (Wildman–Crippen LogP) is 3.18. The van der Waals surface area contributed by atoms with Crippen molar-refractivity contribution >= 4 is 5.91 Å². The number of nitrogens with one attached hydrogen (secondary N) is 1. The van der Waals surface area contributed by atoms with E-state index in [1.54, 1.807) is 6.26 Å². The fourth-order valence-electron chi connectivity index (χ4n) is 3.06. The number of carbonyl (C=O) groups excluding carboxylic acids is 1. The van der Waals surface area contributed by atoms with E-state index in [9.17, 15) is 4.79 Å². The highest BCUT2D eigenvalue weighted by Gasteiger charge is 2.13. The van der Waals surface area contributed by atoms with Crippen LogP contribution < -0.4 is 10.1 Å². The molecule has 1 N–H and O–H groups in total. The normalized spacial score (nSPS) is 12.5. The number of hydrogen-bond acceptors (Lipinski definition) is 4. The van der Waals surface area contributed by atoms with Crippen LogP contribution in [0.15, 0.2) is 59.2 Å². The van der Waals surface area contributed by atoms with Crippen LogP contribution in [0.2, 0.25) is 0 Å². The first-order valence-corrected chi connectivity index (χ1v) is 8.79. The lowest BCUT2D eigenvalue weighted by Crippen LogP contribution is -2.27. The van der Waals surface area contributed by atoms with E-state index >= 15 is 0 Å². The van der Waals surface area contributed by atoms with Crippen molar-refractivity contribution in [1.29, 1.82) is 0 Å². The van der Waals surface area contributed by atoms with Crippen LogP contribution in [-0.4, -0.2) is 24.0 Å². The molecule has 2 aromatic carbocycles. The highest BCUT2D eigenvalue weighted by molar-refractivity contribution is 5.78. The molecule has 0 aliphatic carbocycles. The first-order chi connectivity index (χ1) is 12.8. The first-order valence-electron chi connectivity index (χ1n) is 8.79. The van der Waals surface area contributed by atoms with Gasteiger partial charge in [-0.25, -0.2) is 4.98 Å². The zero-order chi connectivity index (χ0) is 17.8. The molecule has 1 aliphatic heterocycles. The Hall–Kier alpha value is -3.08. The molecule has 0 bridgehead atoms. The maximum absolute atomic E-state index is 12.1. The molecule has 1 aromatic heterocycles. The van der Waals surface area contributed by atoms with Crippen LogP contribution in [0.3, 0.4) is 0 Å². The third-order valence-corrected chi connectivity index (χ3v) is 4.39. The summed E-state index contributed by atoms with van der Waals surface area (Å²) >= 11 is 0. The summed E-state index contributed by atoms with van der Waals surface area (Å²) in [5, 5.41) is 2.94. The van der Waals surface area contributed by atoms with Crippen LogP contribution in [0.4, 0.5) is 0 Å². The molecule has 132 valence electrons. The van der Waals surface area contributed by atoms with E-state index in [1.165, 1.54) is 5.56 Å². The highest BCUT2D eigenvalue weighted by Crippen LogP contribution is 2.26. The van der Waals surface area contributed by atoms with Crippen LogP contribution in [0, 0.1) is 0 Å². The van der Waals surface area contributed by atoms with Crippen molar-refractivity contribution in [3.05, 3.63) is 71.6 Å². The Labute approximate surface area is 152 Å². The number of fused-ring (bicyclic) bond motifs is 1. The molecule has 0 radical (unpaired) electrons. The number of oxazole rings is 1. The minimum atomic E-state index is 0.00985. The van der Waals surface area contributed by atoms with Crippen molar-refractivity contribution in [2.45, 2.75) is 19.3 Å². The molecule has 0 unspecified atom stereocenters. The van der Waals surface area contributed by atoms with Crippen molar-refractivity contribution in [2.75, 3.05) is 13.2 Å². The Morgan fingerprint density at radius 1 is 1.15 bits per heavy atom. The molecule has 0 atom stereocenters. The van der Waals surface area contributed by atoms with E-state index < -0.39 is 0 Å². The summed E-state index contributed by atoms with van der Waals surface area (Å²) < 4.78 is 11.0. The van der Waals surface area contributed by atoms with Gasteiger partial charge in [0.05, 0.1) is 18.7 Å². The van der Waals surface area contributed by atoms with Crippen LogP contribution >= 0.6 is 0 Å². The molecule has 3 aromatic rings. The fourth-order valence-corrected chi connectivity index (χ4v) is 3.06. The highest BCUT2D eigenvalue weighted by atomic mass is 16.5. The number of aromatic nitrogens is 1. The second-order valence-corrected chi connectivity index (χ2v) is 6.33. The summed E-state index contributed by atoms with van der Waals surface area (Å²) in [5.74, 6) is 1.55. The van der Waals surface area contributed by atoms with Gasteiger partial charge in [-0.1, -0.05) is 30.3 Å². The molecule has 1 aliphatic rings. The monoisotopic (exact) mass is 348 g/mol. The third-order valence-electron chi connectivity index (χ3n) is 4.39. The van der Waals surface area contributed by atoms with E-state index in [4.69, 9.17) is 9.15 Å². The van der Waals surface area contributed by atoms with Gasteiger partial charge in [-0.15, -0.1) is 0 Å². The molecular weight excluding hydrogens is 328 g/mol. The van der Waals surface area contributed by atoms with Crippen LogP contribution in [0.1, 0.15) is 16.8 Å². The van der Waals surface area contributed by atoms with Gasteiger partial charge in [-0.2, -0.15) is 0 Å². The van der Waals surface area contributed by atoms with Gasteiger partial charge >= 0.3 is 0 Å². The molecule has 0 spiro atoms. The van der Waals surface area contributed by atoms with Gasteiger partial charge in [0.25, 0.3) is 0 Å². The van der Waals surface area contributed by atoms with Gasteiger partial charge in [0, 0.05) is 24.9 Å². The molecule has 0 saturated heterocycles. The van der Waals surface area contributed by atoms with Crippen molar-refractivity contribution in [3.8, 4) is 17.2 Å². The molecule has 4 rings (SSSR count). The van der Waals surface area contributed by atoms with E-state index in [0.29, 0.717) is 25.3 Å². The summed E-state index contributed by atoms with van der Waals surface area (Å²) in [6.45, 7) is 1.27. The number of benzene rings is 2. The first kappa shape index (κ1) is 16.4. The topological polar surface area (TPSA) is 64.4 Å². The molecule has 26 heavy (non-hydrogen) atoms. The van der Waals surface area contributed by atoms with E-state index in [-0.39, 0.29) is 5.91 Å². The number of amides is 1. The Morgan fingerprint density at radius 2 is 2.04 bits per heavy atom. The summed E-state index contributed by atoms with van der Waals surface area (Å²) in [5.41, 5.74) is 3.98. The number of nitrogens with zero attached hydrogens (tertiary/aromatic N) is 1. The molecule has 1 amide bonds. The maximum Gasteiger partial charge on any atom is 0.226 e. The lowest BCUT2D eigenvalue weighted by Gasteiger charge is -2.06. The maximum atomic E-state index is 12.1. The molecule has 5 nitrogen and oxygen atoms in total. The van der Waals surface area contributed by atoms with E-state index in [0.717, 1.165) is 35.6 Å². The molecule has 0 saturated carbocycles. The van der Waals surface area contributed by atoms with Gasteiger partial charge in [0.1, 0.15) is 12.0 Å². The molecular formula is C21H20N2O3. The Kier molecular flexibility index (Phi) is 4.69. The van der Waals surface area contributed by atoms with Crippen molar-refractivity contribution < 1.29 is 13.9 Å². The standard InChI is InChI=1S/C21H20N2O3/c24-20(13-15-6-7-19-17(12-15)9-11-25-19)22-10-8-18-14-26-21(23-18)16-4-2-1-3-5-16/h1-7,12,14H,8-11,13H2,(H,22,24). The van der Waals surface area contributed by atoms with E-state index in [2.05, 4.69) is 16.4 Å². The van der Waals surface area contributed by atoms with Crippen LogP contribution in [0.5, 0.6) is 5.75 Å². The zero-order valence-electron chi connectivity index (χ0n) is 14.4. The summed E-state index contributed by atoms with van der Waals surface area (Å²) in [7, 11) is 0. The van der Waals surface area contributed by atoms with Gasteiger partial charge in [0.2, 0.25) is 11.8 Å². The molecule has 2 heterocycles.